The SMILES string of the molecule is Cc1cccc(-c2onc(C(=O)O)c2Br)c1. The molecule has 0 aliphatic rings. The Morgan fingerprint density at radius 3 is 2.81 bits per heavy atom. The van der Waals surface area contributed by atoms with Crippen LogP contribution in [0.3, 0.4) is 0 Å². The van der Waals surface area contributed by atoms with Gasteiger partial charge in [-0.05, 0) is 28.9 Å². The number of hydrogen-bond acceptors (Lipinski definition) is 3. The van der Waals surface area contributed by atoms with Crippen molar-refractivity contribution in [2.75, 3.05) is 0 Å². The summed E-state index contributed by atoms with van der Waals surface area (Å²) in [5.41, 5.74) is 1.75. The minimum atomic E-state index is -1.12. The quantitative estimate of drug-likeness (QED) is 0.919. The molecule has 1 N–H and O–H groups in total. The van der Waals surface area contributed by atoms with Crippen LogP contribution in [0.15, 0.2) is 33.3 Å². The van der Waals surface area contributed by atoms with Crippen molar-refractivity contribution in [3.63, 3.8) is 0 Å². The third-order valence-corrected chi connectivity index (χ3v) is 2.85. The first kappa shape index (κ1) is 10.9. The molecule has 0 radical (unpaired) electrons. The fraction of sp³-hybridized carbons (Fsp3) is 0.0909. The average Bonchev–Trinajstić information content (AvgIpc) is 2.60. The zero-order chi connectivity index (χ0) is 11.7. The van der Waals surface area contributed by atoms with Crippen molar-refractivity contribution in [3.05, 3.63) is 40.0 Å². The lowest BCUT2D eigenvalue weighted by molar-refractivity contribution is 0.0685. The van der Waals surface area contributed by atoms with E-state index in [-0.39, 0.29) is 5.69 Å². The molecular weight excluding hydrogens is 274 g/mol. The Morgan fingerprint density at radius 2 is 2.25 bits per heavy atom. The fourth-order valence-corrected chi connectivity index (χ4v) is 1.92. The molecule has 0 unspecified atom stereocenters. The van der Waals surface area contributed by atoms with Crippen LogP contribution >= 0.6 is 15.9 Å². The zero-order valence-electron chi connectivity index (χ0n) is 8.40. The summed E-state index contributed by atoms with van der Waals surface area (Å²) in [6, 6.07) is 7.56. The lowest BCUT2D eigenvalue weighted by Crippen LogP contribution is -1.96. The Morgan fingerprint density at radius 1 is 1.50 bits per heavy atom. The van der Waals surface area contributed by atoms with Crippen molar-refractivity contribution in [2.24, 2.45) is 0 Å². The van der Waals surface area contributed by atoms with Crippen LogP contribution in [-0.4, -0.2) is 16.2 Å². The summed E-state index contributed by atoms with van der Waals surface area (Å²) in [7, 11) is 0. The number of carboxylic acid groups (broad SMARTS) is 1. The Kier molecular flexibility index (Phi) is 2.78. The molecule has 0 bridgehead atoms. The molecule has 4 nitrogen and oxygen atoms in total. The molecule has 0 spiro atoms. The number of aromatic carboxylic acids is 1. The first-order chi connectivity index (χ1) is 7.59. The number of carboxylic acids is 1. The van der Waals surface area contributed by atoms with E-state index in [0.29, 0.717) is 10.2 Å². The molecule has 0 atom stereocenters. The van der Waals surface area contributed by atoms with Crippen molar-refractivity contribution in [1.82, 2.24) is 5.16 Å². The van der Waals surface area contributed by atoms with Crippen molar-refractivity contribution in [1.29, 1.82) is 0 Å². The molecule has 0 saturated carbocycles. The molecule has 82 valence electrons. The van der Waals surface area contributed by atoms with Crippen molar-refractivity contribution in [3.8, 4) is 11.3 Å². The van der Waals surface area contributed by atoms with Crippen molar-refractivity contribution < 1.29 is 14.4 Å². The Balaban J connectivity index is 2.53. The van der Waals surface area contributed by atoms with E-state index in [4.69, 9.17) is 9.63 Å². The summed E-state index contributed by atoms with van der Waals surface area (Å²) in [6.45, 7) is 1.95. The summed E-state index contributed by atoms with van der Waals surface area (Å²) in [5.74, 6) is -0.685. The van der Waals surface area contributed by atoms with Crippen LogP contribution < -0.4 is 0 Å². The van der Waals surface area contributed by atoms with Gasteiger partial charge < -0.3 is 9.63 Å². The minimum Gasteiger partial charge on any atom is -0.476 e. The van der Waals surface area contributed by atoms with Gasteiger partial charge in [-0.3, -0.25) is 0 Å². The maximum Gasteiger partial charge on any atom is 0.359 e. The molecule has 1 aromatic carbocycles. The number of aryl methyl sites for hydroxylation is 1. The zero-order valence-corrected chi connectivity index (χ0v) is 9.98. The van der Waals surface area contributed by atoms with Gasteiger partial charge in [-0.2, -0.15) is 0 Å². The minimum absolute atomic E-state index is 0.114. The number of hydrogen-bond donors (Lipinski definition) is 1. The lowest BCUT2D eigenvalue weighted by atomic mass is 10.1. The highest BCUT2D eigenvalue weighted by Gasteiger charge is 2.20. The number of halogens is 1. The van der Waals surface area contributed by atoms with Crippen LogP contribution in [-0.2, 0) is 0 Å². The molecule has 2 aromatic rings. The molecule has 1 heterocycles. The van der Waals surface area contributed by atoms with Crippen LogP contribution in [0.4, 0.5) is 0 Å². The van der Waals surface area contributed by atoms with E-state index < -0.39 is 5.97 Å². The van der Waals surface area contributed by atoms with E-state index in [9.17, 15) is 4.79 Å². The van der Waals surface area contributed by atoms with Crippen LogP contribution in [0.25, 0.3) is 11.3 Å². The smallest absolute Gasteiger partial charge is 0.359 e. The third-order valence-electron chi connectivity index (χ3n) is 2.12. The summed E-state index contributed by atoms with van der Waals surface area (Å²) >= 11 is 3.18. The van der Waals surface area contributed by atoms with Crippen molar-refractivity contribution in [2.45, 2.75) is 6.92 Å². The molecule has 1 aromatic heterocycles. The maximum absolute atomic E-state index is 10.8. The fourth-order valence-electron chi connectivity index (χ4n) is 1.38. The molecule has 5 heteroatoms. The molecule has 0 fully saturated rings. The first-order valence-corrected chi connectivity index (χ1v) is 5.34. The van der Waals surface area contributed by atoms with Crippen LogP contribution in [0, 0.1) is 6.92 Å². The van der Waals surface area contributed by atoms with Gasteiger partial charge in [0.25, 0.3) is 0 Å². The summed E-state index contributed by atoms with van der Waals surface area (Å²) in [6.07, 6.45) is 0. The van der Waals surface area contributed by atoms with Gasteiger partial charge in [-0.25, -0.2) is 4.79 Å². The Hall–Kier alpha value is -1.62. The second kappa shape index (κ2) is 4.09. The highest BCUT2D eigenvalue weighted by Crippen LogP contribution is 2.31. The highest BCUT2D eigenvalue weighted by molar-refractivity contribution is 9.10. The van der Waals surface area contributed by atoms with Crippen LogP contribution in [0.2, 0.25) is 0 Å². The van der Waals surface area contributed by atoms with Gasteiger partial charge in [-0.1, -0.05) is 28.9 Å². The average molecular weight is 282 g/mol. The first-order valence-electron chi connectivity index (χ1n) is 4.55. The molecular formula is C11H8BrNO3. The largest absolute Gasteiger partial charge is 0.476 e. The number of nitrogens with zero attached hydrogens (tertiary/aromatic N) is 1. The molecule has 2 rings (SSSR count). The van der Waals surface area contributed by atoms with E-state index >= 15 is 0 Å². The second-order valence-corrected chi connectivity index (χ2v) is 4.14. The van der Waals surface area contributed by atoms with Gasteiger partial charge in [0.1, 0.15) is 4.47 Å². The normalized spacial score (nSPS) is 10.4. The third kappa shape index (κ3) is 1.86. The molecule has 0 saturated heterocycles. The molecule has 0 aliphatic carbocycles. The summed E-state index contributed by atoms with van der Waals surface area (Å²) in [5, 5.41) is 12.3. The van der Waals surface area contributed by atoms with Gasteiger partial charge in [0, 0.05) is 5.56 Å². The summed E-state index contributed by atoms with van der Waals surface area (Å²) < 4.78 is 5.39. The number of carbonyl (C=O) groups is 1. The predicted molar refractivity (Wildman–Crippen MR) is 61.3 cm³/mol. The monoisotopic (exact) mass is 281 g/mol. The number of rotatable bonds is 2. The maximum atomic E-state index is 10.8. The van der Waals surface area contributed by atoms with Gasteiger partial charge in [-0.15, -0.1) is 0 Å². The van der Waals surface area contributed by atoms with Gasteiger partial charge in [0.2, 0.25) is 5.69 Å². The van der Waals surface area contributed by atoms with Gasteiger partial charge in [0.05, 0.1) is 0 Å². The van der Waals surface area contributed by atoms with Crippen LogP contribution in [0.1, 0.15) is 16.1 Å². The second-order valence-electron chi connectivity index (χ2n) is 3.35. The number of benzene rings is 1. The van der Waals surface area contributed by atoms with E-state index in [1.54, 1.807) is 0 Å². The van der Waals surface area contributed by atoms with Crippen LogP contribution in [0.5, 0.6) is 0 Å². The molecule has 16 heavy (non-hydrogen) atoms. The van der Waals surface area contributed by atoms with E-state index in [0.717, 1.165) is 11.1 Å². The van der Waals surface area contributed by atoms with Crippen molar-refractivity contribution >= 4 is 21.9 Å². The molecule has 0 amide bonds. The van der Waals surface area contributed by atoms with E-state index in [2.05, 4.69) is 21.1 Å². The highest BCUT2D eigenvalue weighted by atomic mass is 79.9. The van der Waals surface area contributed by atoms with E-state index in [1.807, 2.05) is 31.2 Å². The Bertz CT molecular complexity index is 548. The topological polar surface area (TPSA) is 63.3 Å². The predicted octanol–water partition coefficient (Wildman–Crippen LogP) is 3.11. The molecule has 0 aliphatic heterocycles. The number of aromatic nitrogens is 1. The van der Waals surface area contributed by atoms with Gasteiger partial charge >= 0.3 is 5.97 Å². The standard InChI is InChI=1S/C11H8BrNO3/c1-6-3-2-4-7(5-6)10-8(12)9(11(14)15)13-16-10/h2-5H,1H3,(H,14,15). The van der Waals surface area contributed by atoms with Gasteiger partial charge in [0.15, 0.2) is 5.76 Å². The van der Waals surface area contributed by atoms with E-state index in [1.165, 1.54) is 0 Å². The Labute approximate surface area is 100 Å². The lowest BCUT2D eigenvalue weighted by Gasteiger charge is -1.97. The summed E-state index contributed by atoms with van der Waals surface area (Å²) in [4.78, 5) is 10.8.